The summed E-state index contributed by atoms with van der Waals surface area (Å²) in [6, 6.07) is 6.07. The van der Waals surface area contributed by atoms with Gasteiger partial charge in [0.1, 0.15) is 6.29 Å². The highest BCUT2D eigenvalue weighted by Gasteiger charge is 2.06. The number of hydrogen-bond acceptors (Lipinski definition) is 2. The monoisotopic (exact) mass is 191 g/mol. The standard InChI is InChI=1S/C12H17NO/c1-4-11-7-5-6-9(2)12(11)13-10(3)8-14/h5-8,10,13H,4H2,1-3H3. The molecule has 0 amide bonds. The summed E-state index contributed by atoms with van der Waals surface area (Å²) in [4.78, 5) is 10.6. The third-order valence-corrected chi connectivity index (χ3v) is 2.32. The minimum Gasteiger partial charge on any atom is -0.375 e. The Morgan fingerprint density at radius 2 is 2.21 bits per heavy atom. The van der Waals surface area contributed by atoms with Gasteiger partial charge >= 0.3 is 0 Å². The number of rotatable bonds is 4. The third kappa shape index (κ3) is 2.34. The quantitative estimate of drug-likeness (QED) is 0.741. The van der Waals surface area contributed by atoms with E-state index in [1.807, 2.05) is 13.0 Å². The number of hydrogen-bond donors (Lipinski definition) is 1. The summed E-state index contributed by atoms with van der Waals surface area (Å²) < 4.78 is 0. The molecule has 76 valence electrons. The predicted molar refractivity (Wildman–Crippen MR) is 59.7 cm³/mol. The van der Waals surface area contributed by atoms with Gasteiger partial charge in [-0.25, -0.2) is 0 Å². The van der Waals surface area contributed by atoms with Crippen LogP contribution in [-0.4, -0.2) is 12.3 Å². The van der Waals surface area contributed by atoms with Gasteiger partial charge in [-0.1, -0.05) is 25.1 Å². The number of carbonyl (C=O) groups is 1. The van der Waals surface area contributed by atoms with Crippen LogP contribution < -0.4 is 5.32 Å². The highest BCUT2D eigenvalue weighted by Crippen LogP contribution is 2.21. The molecule has 0 heterocycles. The maximum Gasteiger partial charge on any atom is 0.141 e. The highest BCUT2D eigenvalue weighted by atomic mass is 16.1. The lowest BCUT2D eigenvalue weighted by atomic mass is 10.1. The number of anilines is 1. The molecule has 1 N–H and O–H groups in total. The molecule has 0 radical (unpaired) electrons. The molecule has 1 atom stereocenters. The molecule has 1 aromatic rings. The van der Waals surface area contributed by atoms with E-state index in [-0.39, 0.29) is 6.04 Å². The summed E-state index contributed by atoms with van der Waals surface area (Å²) in [7, 11) is 0. The number of aldehydes is 1. The summed E-state index contributed by atoms with van der Waals surface area (Å²) in [5, 5.41) is 3.21. The van der Waals surface area contributed by atoms with E-state index in [0.717, 1.165) is 18.4 Å². The molecule has 1 unspecified atom stereocenters. The van der Waals surface area contributed by atoms with Crippen molar-refractivity contribution in [3.8, 4) is 0 Å². The zero-order valence-corrected chi connectivity index (χ0v) is 9.00. The van der Waals surface area contributed by atoms with Crippen LogP contribution in [0.4, 0.5) is 5.69 Å². The largest absolute Gasteiger partial charge is 0.375 e. The summed E-state index contributed by atoms with van der Waals surface area (Å²) in [5.74, 6) is 0. The molecule has 0 saturated heterocycles. The molecule has 2 heteroatoms. The van der Waals surface area contributed by atoms with E-state index in [9.17, 15) is 4.79 Å². The average Bonchev–Trinajstić information content (AvgIpc) is 2.20. The van der Waals surface area contributed by atoms with Gasteiger partial charge in [-0.15, -0.1) is 0 Å². The first kappa shape index (κ1) is 10.8. The van der Waals surface area contributed by atoms with E-state index in [4.69, 9.17) is 0 Å². The van der Waals surface area contributed by atoms with Crippen molar-refractivity contribution < 1.29 is 4.79 Å². The number of para-hydroxylation sites is 1. The van der Waals surface area contributed by atoms with Gasteiger partial charge in [0.15, 0.2) is 0 Å². The van der Waals surface area contributed by atoms with Gasteiger partial charge in [0, 0.05) is 5.69 Å². The lowest BCUT2D eigenvalue weighted by Gasteiger charge is -2.15. The normalized spacial score (nSPS) is 12.2. The second kappa shape index (κ2) is 4.80. The van der Waals surface area contributed by atoms with Crippen molar-refractivity contribution in [3.63, 3.8) is 0 Å². The van der Waals surface area contributed by atoms with Gasteiger partial charge in [0.2, 0.25) is 0 Å². The maximum atomic E-state index is 10.6. The topological polar surface area (TPSA) is 29.1 Å². The van der Waals surface area contributed by atoms with Crippen molar-refractivity contribution in [1.29, 1.82) is 0 Å². The molecule has 0 aliphatic carbocycles. The Balaban J connectivity index is 2.98. The molecule has 0 aliphatic heterocycles. The fourth-order valence-electron chi connectivity index (χ4n) is 1.49. The minimum absolute atomic E-state index is 0.124. The van der Waals surface area contributed by atoms with Gasteiger partial charge in [0.05, 0.1) is 6.04 Å². The molecular formula is C12H17NO. The highest BCUT2D eigenvalue weighted by molar-refractivity contribution is 5.67. The lowest BCUT2D eigenvalue weighted by Crippen LogP contribution is -2.18. The zero-order valence-electron chi connectivity index (χ0n) is 9.00. The Morgan fingerprint density at radius 1 is 1.50 bits per heavy atom. The van der Waals surface area contributed by atoms with Crippen LogP contribution in [-0.2, 0) is 11.2 Å². The summed E-state index contributed by atoms with van der Waals surface area (Å²) in [6.07, 6.45) is 1.90. The van der Waals surface area contributed by atoms with Crippen LogP contribution in [0.1, 0.15) is 25.0 Å². The molecule has 1 aromatic carbocycles. The molecule has 0 saturated carbocycles. The van der Waals surface area contributed by atoms with Gasteiger partial charge in [0.25, 0.3) is 0 Å². The van der Waals surface area contributed by atoms with Crippen molar-refractivity contribution in [3.05, 3.63) is 29.3 Å². The van der Waals surface area contributed by atoms with Crippen molar-refractivity contribution in [1.82, 2.24) is 0 Å². The Bertz CT molecular complexity index is 320. The fraction of sp³-hybridized carbons (Fsp3) is 0.417. The minimum atomic E-state index is -0.124. The summed E-state index contributed by atoms with van der Waals surface area (Å²) >= 11 is 0. The van der Waals surface area contributed by atoms with Gasteiger partial charge < -0.3 is 10.1 Å². The number of nitrogens with one attached hydrogen (secondary N) is 1. The van der Waals surface area contributed by atoms with E-state index >= 15 is 0 Å². The van der Waals surface area contributed by atoms with Crippen LogP contribution in [0, 0.1) is 6.92 Å². The molecule has 14 heavy (non-hydrogen) atoms. The van der Waals surface area contributed by atoms with Crippen molar-refractivity contribution in [2.45, 2.75) is 33.2 Å². The third-order valence-electron chi connectivity index (χ3n) is 2.32. The molecule has 0 spiro atoms. The fourth-order valence-corrected chi connectivity index (χ4v) is 1.49. The smallest absolute Gasteiger partial charge is 0.141 e. The average molecular weight is 191 g/mol. The van der Waals surface area contributed by atoms with Crippen LogP contribution in [0.15, 0.2) is 18.2 Å². The molecule has 1 rings (SSSR count). The Labute approximate surface area is 85.3 Å². The number of aryl methyl sites for hydroxylation is 2. The van der Waals surface area contributed by atoms with Crippen LogP contribution in [0.25, 0.3) is 0 Å². The van der Waals surface area contributed by atoms with E-state index in [1.54, 1.807) is 0 Å². The first-order chi connectivity index (χ1) is 6.69. The Hall–Kier alpha value is -1.31. The first-order valence-electron chi connectivity index (χ1n) is 4.99. The van der Waals surface area contributed by atoms with Gasteiger partial charge in [-0.2, -0.15) is 0 Å². The first-order valence-corrected chi connectivity index (χ1v) is 4.99. The Kier molecular flexibility index (Phi) is 3.69. The summed E-state index contributed by atoms with van der Waals surface area (Å²) in [6.45, 7) is 6.03. The second-order valence-electron chi connectivity index (χ2n) is 3.53. The number of benzene rings is 1. The number of carbonyl (C=O) groups excluding carboxylic acids is 1. The second-order valence-corrected chi connectivity index (χ2v) is 3.53. The van der Waals surface area contributed by atoms with Crippen molar-refractivity contribution in [2.75, 3.05) is 5.32 Å². The SMILES string of the molecule is CCc1cccc(C)c1NC(C)C=O. The summed E-state index contributed by atoms with van der Waals surface area (Å²) in [5.41, 5.74) is 3.56. The maximum absolute atomic E-state index is 10.6. The molecule has 2 nitrogen and oxygen atoms in total. The van der Waals surface area contributed by atoms with Crippen LogP contribution >= 0.6 is 0 Å². The van der Waals surface area contributed by atoms with Crippen LogP contribution in [0.5, 0.6) is 0 Å². The van der Waals surface area contributed by atoms with Crippen molar-refractivity contribution >= 4 is 12.0 Å². The van der Waals surface area contributed by atoms with E-state index < -0.39 is 0 Å². The van der Waals surface area contributed by atoms with E-state index in [2.05, 4.69) is 31.3 Å². The molecular weight excluding hydrogens is 174 g/mol. The molecule has 0 aliphatic rings. The zero-order chi connectivity index (χ0) is 10.6. The van der Waals surface area contributed by atoms with Crippen LogP contribution in [0.2, 0.25) is 0 Å². The van der Waals surface area contributed by atoms with Gasteiger partial charge in [-0.05, 0) is 31.4 Å². The van der Waals surface area contributed by atoms with Crippen molar-refractivity contribution in [2.24, 2.45) is 0 Å². The molecule has 0 aromatic heterocycles. The molecule has 0 bridgehead atoms. The molecule has 0 fully saturated rings. The van der Waals surface area contributed by atoms with Crippen LogP contribution in [0.3, 0.4) is 0 Å². The van der Waals surface area contributed by atoms with E-state index in [1.165, 1.54) is 11.1 Å². The lowest BCUT2D eigenvalue weighted by molar-refractivity contribution is -0.108. The Morgan fingerprint density at radius 3 is 2.79 bits per heavy atom. The predicted octanol–water partition coefficient (Wildman–Crippen LogP) is 2.56. The van der Waals surface area contributed by atoms with E-state index in [0.29, 0.717) is 0 Å². The van der Waals surface area contributed by atoms with Gasteiger partial charge in [-0.3, -0.25) is 0 Å².